The standard InChI is InChI=1S/C29H31FN6O/c1-34-27-20(30)10-19(29(37)36-14-18-6-7-22(36)24(18)31)11-21(27)33-28(34)23-12-17-5-4-16-8-9-32-25(16)26(17)35(23)13-15-2-3-15/h4-5,10-12,15,18,22,24,32H,2-3,6-9,13-14,31H2,1H3/t18-,22-,24-/m1/s1. The highest BCUT2D eigenvalue weighted by Gasteiger charge is 2.47. The van der Waals surface area contributed by atoms with Crippen LogP contribution in [0.15, 0.2) is 30.3 Å². The number of likely N-dealkylation sites (tertiary alicyclic amines) is 1. The fraction of sp³-hybridized carbons (Fsp3) is 0.448. The number of aromatic nitrogens is 3. The van der Waals surface area contributed by atoms with Crippen molar-refractivity contribution in [1.29, 1.82) is 0 Å². The molecule has 2 aliphatic heterocycles. The summed E-state index contributed by atoms with van der Waals surface area (Å²) in [5.41, 5.74) is 12.4. The van der Waals surface area contributed by atoms with Crippen molar-refractivity contribution >= 4 is 33.5 Å². The fourth-order valence-corrected chi connectivity index (χ4v) is 7.16. The second-order valence-corrected chi connectivity index (χ2v) is 11.6. The predicted molar refractivity (Wildman–Crippen MR) is 142 cm³/mol. The summed E-state index contributed by atoms with van der Waals surface area (Å²) in [6.45, 7) is 2.55. The molecular weight excluding hydrogens is 467 g/mol. The van der Waals surface area contributed by atoms with Crippen LogP contribution in [0, 0.1) is 17.7 Å². The Bertz CT molecular complexity index is 1610. The second kappa shape index (κ2) is 7.57. The molecule has 3 atom stereocenters. The lowest BCUT2D eigenvalue weighted by atomic mass is 10.1. The van der Waals surface area contributed by atoms with Crippen LogP contribution in [0.1, 0.15) is 41.6 Å². The summed E-state index contributed by atoms with van der Waals surface area (Å²) >= 11 is 0. The van der Waals surface area contributed by atoms with Gasteiger partial charge in [0.15, 0.2) is 5.82 Å². The molecule has 1 amide bonds. The summed E-state index contributed by atoms with van der Waals surface area (Å²) in [5, 5.41) is 4.77. The number of nitrogens with zero attached hydrogens (tertiary/aromatic N) is 4. The first-order valence-electron chi connectivity index (χ1n) is 13.6. The maximum Gasteiger partial charge on any atom is 0.254 e. The highest BCUT2D eigenvalue weighted by atomic mass is 19.1. The van der Waals surface area contributed by atoms with E-state index >= 15 is 4.39 Å². The highest BCUT2D eigenvalue weighted by molar-refractivity contribution is 6.00. The summed E-state index contributed by atoms with van der Waals surface area (Å²) in [6, 6.07) is 9.83. The zero-order valence-electron chi connectivity index (χ0n) is 21.0. The number of imidazole rings is 1. The van der Waals surface area contributed by atoms with Gasteiger partial charge in [0.05, 0.1) is 22.4 Å². The molecule has 2 bridgehead atoms. The normalized spacial score (nSPS) is 24.4. The molecule has 8 rings (SSSR count). The van der Waals surface area contributed by atoms with Gasteiger partial charge < -0.3 is 25.1 Å². The molecule has 7 nitrogen and oxygen atoms in total. The SMILES string of the molecule is Cn1c(-c2cc3ccc4c(c3n2CC2CC2)NCC4)nc2cc(C(=O)N3C[C@H]4CC[C@@H]3[C@@H]4N)cc(F)c21. The number of nitrogens with two attached hydrogens (primary N) is 1. The number of halogens is 1. The molecule has 2 aromatic carbocycles. The van der Waals surface area contributed by atoms with Gasteiger partial charge in [-0.05, 0) is 67.7 Å². The molecule has 2 aliphatic carbocycles. The van der Waals surface area contributed by atoms with Crippen molar-refractivity contribution in [3.05, 3.63) is 47.3 Å². The molecule has 3 fully saturated rings. The van der Waals surface area contributed by atoms with Crippen LogP contribution in [0.4, 0.5) is 10.1 Å². The van der Waals surface area contributed by atoms with Gasteiger partial charge in [0.2, 0.25) is 0 Å². The zero-order valence-corrected chi connectivity index (χ0v) is 21.0. The van der Waals surface area contributed by atoms with Crippen molar-refractivity contribution in [1.82, 2.24) is 19.0 Å². The Morgan fingerprint density at radius 1 is 1.16 bits per heavy atom. The molecule has 190 valence electrons. The van der Waals surface area contributed by atoms with Gasteiger partial charge in [0.25, 0.3) is 5.91 Å². The van der Waals surface area contributed by atoms with Crippen molar-refractivity contribution in [3.8, 4) is 11.5 Å². The van der Waals surface area contributed by atoms with Gasteiger partial charge in [-0.2, -0.15) is 0 Å². The Kier molecular flexibility index (Phi) is 4.43. The van der Waals surface area contributed by atoms with Gasteiger partial charge in [0.1, 0.15) is 11.3 Å². The summed E-state index contributed by atoms with van der Waals surface area (Å²) < 4.78 is 19.8. The number of fused-ring (bicyclic) bond motifs is 6. The average molecular weight is 499 g/mol. The number of benzene rings is 2. The number of piperidine rings is 1. The van der Waals surface area contributed by atoms with Crippen molar-refractivity contribution < 1.29 is 9.18 Å². The van der Waals surface area contributed by atoms with E-state index in [-0.39, 0.29) is 18.0 Å². The molecule has 4 heterocycles. The monoisotopic (exact) mass is 498 g/mol. The van der Waals surface area contributed by atoms with E-state index in [0.29, 0.717) is 35.0 Å². The quantitative estimate of drug-likeness (QED) is 0.440. The van der Waals surface area contributed by atoms with Crippen LogP contribution in [-0.4, -0.2) is 50.1 Å². The van der Waals surface area contributed by atoms with Gasteiger partial charge in [-0.1, -0.05) is 12.1 Å². The van der Waals surface area contributed by atoms with Crippen molar-refractivity contribution in [2.24, 2.45) is 24.6 Å². The van der Waals surface area contributed by atoms with E-state index in [9.17, 15) is 4.79 Å². The number of hydrogen-bond donors (Lipinski definition) is 2. The van der Waals surface area contributed by atoms with Crippen LogP contribution in [0.3, 0.4) is 0 Å². The summed E-state index contributed by atoms with van der Waals surface area (Å²) in [7, 11) is 1.87. The Hall–Kier alpha value is -3.39. The minimum atomic E-state index is -0.414. The summed E-state index contributed by atoms with van der Waals surface area (Å²) in [6.07, 6.45) is 5.52. The number of carbonyl (C=O) groups is 1. The lowest BCUT2D eigenvalue weighted by molar-refractivity contribution is 0.0700. The van der Waals surface area contributed by atoms with E-state index < -0.39 is 5.82 Å². The van der Waals surface area contributed by atoms with Crippen molar-refractivity contribution in [2.75, 3.05) is 18.4 Å². The minimum absolute atomic E-state index is 0.0308. The Balaban J connectivity index is 1.26. The average Bonchev–Trinajstić information content (AvgIpc) is 3.22. The van der Waals surface area contributed by atoms with E-state index in [1.54, 1.807) is 6.07 Å². The number of amides is 1. The van der Waals surface area contributed by atoms with Crippen LogP contribution in [0.5, 0.6) is 0 Å². The van der Waals surface area contributed by atoms with Crippen LogP contribution >= 0.6 is 0 Å². The van der Waals surface area contributed by atoms with Crippen LogP contribution in [-0.2, 0) is 20.0 Å². The minimum Gasteiger partial charge on any atom is -0.383 e. The molecule has 8 heteroatoms. The molecule has 4 aromatic rings. The van der Waals surface area contributed by atoms with E-state index in [4.69, 9.17) is 10.7 Å². The molecule has 1 saturated heterocycles. The number of hydrogen-bond acceptors (Lipinski definition) is 4. The van der Waals surface area contributed by atoms with Crippen molar-refractivity contribution in [2.45, 2.75) is 50.7 Å². The molecule has 3 N–H and O–H groups in total. The van der Waals surface area contributed by atoms with Crippen LogP contribution in [0.2, 0.25) is 0 Å². The lowest BCUT2D eigenvalue weighted by Crippen LogP contribution is -2.41. The van der Waals surface area contributed by atoms with Gasteiger partial charge >= 0.3 is 0 Å². The number of rotatable bonds is 4. The molecule has 2 aromatic heterocycles. The molecule has 0 unspecified atom stereocenters. The van der Waals surface area contributed by atoms with Gasteiger partial charge in [-0.15, -0.1) is 0 Å². The first-order chi connectivity index (χ1) is 18.0. The Morgan fingerprint density at radius 2 is 2.03 bits per heavy atom. The van der Waals surface area contributed by atoms with Crippen LogP contribution < -0.4 is 11.1 Å². The largest absolute Gasteiger partial charge is 0.383 e. The van der Waals surface area contributed by atoms with E-state index in [1.165, 1.54) is 41.1 Å². The summed E-state index contributed by atoms with van der Waals surface area (Å²) in [5.74, 6) is 1.20. The molecule has 2 saturated carbocycles. The second-order valence-electron chi connectivity index (χ2n) is 11.6. The Labute approximate surface area is 214 Å². The lowest BCUT2D eigenvalue weighted by Gasteiger charge is -2.27. The fourth-order valence-electron chi connectivity index (χ4n) is 7.16. The third-order valence-electron chi connectivity index (χ3n) is 9.30. The molecule has 0 spiro atoms. The summed E-state index contributed by atoms with van der Waals surface area (Å²) in [4.78, 5) is 20.2. The predicted octanol–water partition coefficient (Wildman–Crippen LogP) is 4.27. The van der Waals surface area contributed by atoms with Gasteiger partial charge in [0, 0.05) is 49.7 Å². The molecule has 37 heavy (non-hydrogen) atoms. The number of aryl methyl sites for hydroxylation is 1. The molecule has 0 radical (unpaired) electrons. The van der Waals surface area contributed by atoms with Gasteiger partial charge in [-0.25, -0.2) is 9.37 Å². The Morgan fingerprint density at radius 3 is 2.78 bits per heavy atom. The number of anilines is 1. The zero-order chi connectivity index (χ0) is 25.0. The van der Waals surface area contributed by atoms with E-state index in [1.807, 2.05) is 16.5 Å². The van der Waals surface area contributed by atoms with Gasteiger partial charge in [-0.3, -0.25) is 4.79 Å². The first-order valence-corrected chi connectivity index (χ1v) is 13.6. The third-order valence-corrected chi connectivity index (χ3v) is 9.30. The van der Waals surface area contributed by atoms with E-state index in [2.05, 4.69) is 28.1 Å². The molecular formula is C29H31FN6O. The topological polar surface area (TPSA) is 81.1 Å². The first kappa shape index (κ1) is 21.7. The third kappa shape index (κ3) is 3.08. The highest BCUT2D eigenvalue weighted by Crippen LogP contribution is 2.41. The maximum atomic E-state index is 15.6. The number of carbonyl (C=O) groups excluding carboxylic acids is 1. The van der Waals surface area contributed by atoms with Crippen molar-refractivity contribution in [3.63, 3.8) is 0 Å². The van der Waals surface area contributed by atoms with Crippen LogP contribution in [0.25, 0.3) is 33.5 Å². The smallest absolute Gasteiger partial charge is 0.254 e. The molecule has 4 aliphatic rings. The maximum absolute atomic E-state index is 15.6. The number of nitrogens with one attached hydrogen (secondary N) is 1. The van der Waals surface area contributed by atoms with E-state index in [0.717, 1.165) is 43.9 Å².